The van der Waals surface area contributed by atoms with Crippen molar-refractivity contribution in [2.75, 3.05) is 11.1 Å². The van der Waals surface area contributed by atoms with Gasteiger partial charge in [-0.15, -0.1) is 10.2 Å². The fourth-order valence-corrected chi connectivity index (χ4v) is 3.07. The third-order valence-electron chi connectivity index (χ3n) is 3.39. The Morgan fingerprint density at radius 1 is 1.28 bits per heavy atom. The van der Waals surface area contributed by atoms with Crippen molar-refractivity contribution in [2.24, 2.45) is 0 Å². The predicted octanol–water partition coefficient (Wildman–Crippen LogP) is 4.00. The number of carbonyl (C=O) groups excluding carboxylic acids is 1. The highest BCUT2D eigenvalue weighted by atomic mass is 32.2. The van der Waals surface area contributed by atoms with E-state index in [0.717, 1.165) is 30.8 Å². The van der Waals surface area contributed by atoms with Gasteiger partial charge < -0.3 is 9.88 Å². The van der Waals surface area contributed by atoms with Gasteiger partial charge in [-0.05, 0) is 31.5 Å². The number of halogens is 3. The predicted molar refractivity (Wildman–Crippen MR) is 90.5 cm³/mol. The molecule has 0 aliphatic carbocycles. The van der Waals surface area contributed by atoms with Crippen molar-refractivity contribution in [1.82, 2.24) is 14.8 Å². The molecule has 2 rings (SSSR count). The third-order valence-corrected chi connectivity index (χ3v) is 4.36. The monoisotopic (exact) mass is 372 g/mol. The van der Waals surface area contributed by atoms with Gasteiger partial charge in [0, 0.05) is 18.7 Å². The van der Waals surface area contributed by atoms with Crippen molar-refractivity contribution >= 4 is 23.4 Å². The Bertz CT molecular complexity index is 730. The smallest absolute Gasteiger partial charge is 0.325 e. The number of amides is 1. The molecule has 0 spiro atoms. The van der Waals surface area contributed by atoms with Crippen molar-refractivity contribution in [1.29, 1.82) is 0 Å². The van der Waals surface area contributed by atoms with Gasteiger partial charge in [0.1, 0.15) is 5.82 Å². The highest BCUT2D eigenvalue weighted by molar-refractivity contribution is 7.99. The topological polar surface area (TPSA) is 59.8 Å². The molecule has 9 heteroatoms. The summed E-state index contributed by atoms with van der Waals surface area (Å²) in [5.74, 6) is 0.512. The van der Waals surface area contributed by atoms with Crippen LogP contribution in [-0.4, -0.2) is 26.4 Å². The van der Waals surface area contributed by atoms with Gasteiger partial charge in [-0.1, -0.05) is 24.8 Å². The molecular weight excluding hydrogens is 353 g/mol. The summed E-state index contributed by atoms with van der Waals surface area (Å²) in [6.45, 7) is 4.71. The van der Waals surface area contributed by atoms with E-state index in [1.165, 1.54) is 23.9 Å². The molecule has 0 bridgehead atoms. The second-order valence-electron chi connectivity index (χ2n) is 5.31. The minimum atomic E-state index is -4.44. The van der Waals surface area contributed by atoms with Crippen LogP contribution in [0.5, 0.6) is 0 Å². The molecule has 1 N–H and O–H groups in total. The molecule has 1 amide bonds. The molecule has 1 aromatic carbocycles. The Morgan fingerprint density at radius 3 is 2.68 bits per heavy atom. The summed E-state index contributed by atoms with van der Waals surface area (Å²) < 4.78 is 40.0. The Morgan fingerprint density at radius 2 is 2.04 bits per heavy atom. The first-order chi connectivity index (χ1) is 11.8. The maximum atomic E-state index is 12.7. The van der Waals surface area contributed by atoms with Gasteiger partial charge in [-0.2, -0.15) is 13.2 Å². The molecule has 5 nitrogen and oxygen atoms in total. The molecule has 2 aromatic rings. The lowest BCUT2D eigenvalue weighted by atomic mass is 10.2. The number of anilines is 1. The zero-order chi connectivity index (χ0) is 18.4. The van der Waals surface area contributed by atoms with Crippen molar-refractivity contribution in [3.8, 4) is 0 Å². The van der Waals surface area contributed by atoms with E-state index in [1.54, 1.807) is 0 Å². The van der Waals surface area contributed by atoms with Gasteiger partial charge in [0.05, 0.1) is 11.3 Å². The van der Waals surface area contributed by atoms with Gasteiger partial charge in [0.25, 0.3) is 0 Å². The molecule has 0 atom stereocenters. The normalized spacial score (nSPS) is 11.6. The first-order valence-electron chi connectivity index (χ1n) is 7.87. The van der Waals surface area contributed by atoms with Gasteiger partial charge in [0.2, 0.25) is 5.91 Å². The molecule has 25 heavy (non-hydrogen) atoms. The summed E-state index contributed by atoms with van der Waals surface area (Å²) in [7, 11) is 0. The summed E-state index contributed by atoms with van der Waals surface area (Å²) in [4.78, 5) is 12.0. The Labute approximate surface area is 148 Å². The van der Waals surface area contributed by atoms with E-state index >= 15 is 0 Å². The highest BCUT2D eigenvalue weighted by Crippen LogP contribution is 2.30. The first-order valence-corrected chi connectivity index (χ1v) is 8.85. The minimum Gasteiger partial charge on any atom is -0.325 e. The molecular formula is C16H19F3N4OS. The average Bonchev–Trinajstić information content (AvgIpc) is 2.94. The van der Waals surface area contributed by atoms with Gasteiger partial charge in [-0.3, -0.25) is 4.79 Å². The third kappa shape index (κ3) is 5.22. The van der Waals surface area contributed by atoms with Crippen molar-refractivity contribution in [2.45, 2.75) is 44.6 Å². The number of thioether (sulfide) groups is 1. The van der Waals surface area contributed by atoms with E-state index in [2.05, 4.69) is 15.5 Å². The van der Waals surface area contributed by atoms with Crippen LogP contribution in [0.4, 0.5) is 18.9 Å². The van der Waals surface area contributed by atoms with Crippen LogP contribution in [0.3, 0.4) is 0 Å². The second kappa shape index (κ2) is 8.37. The van der Waals surface area contributed by atoms with E-state index in [1.807, 2.05) is 18.4 Å². The summed E-state index contributed by atoms with van der Waals surface area (Å²) >= 11 is 1.21. The quantitative estimate of drug-likeness (QED) is 0.747. The van der Waals surface area contributed by atoms with Crippen LogP contribution >= 0.6 is 11.8 Å². The number of benzene rings is 1. The van der Waals surface area contributed by atoms with Crippen molar-refractivity contribution in [3.63, 3.8) is 0 Å². The summed E-state index contributed by atoms with van der Waals surface area (Å²) in [5, 5.41) is 11.3. The number of aryl methyl sites for hydroxylation is 1. The average molecular weight is 372 g/mol. The fourth-order valence-electron chi connectivity index (χ4n) is 2.25. The van der Waals surface area contributed by atoms with Crippen molar-refractivity contribution in [3.05, 3.63) is 35.7 Å². The maximum Gasteiger partial charge on any atom is 0.416 e. The maximum absolute atomic E-state index is 12.7. The number of carbonyl (C=O) groups is 1. The van der Waals surface area contributed by atoms with E-state index in [4.69, 9.17) is 0 Å². The lowest BCUT2D eigenvalue weighted by Crippen LogP contribution is -2.15. The van der Waals surface area contributed by atoms with Crippen LogP contribution in [0, 0.1) is 0 Å². The lowest BCUT2D eigenvalue weighted by molar-refractivity contribution is -0.137. The van der Waals surface area contributed by atoms with Gasteiger partial charge in [0.15, 0.2) is 5.16 Å². The molecule has 0 radical (unpaired) electrons. The second-order valence-corrected chi connectivity index (χ2v) is 6.25. The summed E-state index contributed by atoms with van der Waals surface area (Å²) in [6.07, 6.45) is -2.70. The largest absolute Gasteiger partial charge is 0.416 e. The van der Waals surface area contributed by atoms with Crippen LogP contribution in [-0.2, 0) is 23.9 Å². The lowest BCUT2D eigenvalue weighted by Gasteiger charge is -2.10. The number of hydrogen-bond donors (Lipinski definition) is 1. The molecule has 0 unspecified atom stereocenters. The highest BCUT2D eigenvalue weighted by Gasteiger charge is 2.30. The van der Waals surface area contributed by atoms with E-state index in [0.29, 0.717) is 11.7 Å². The number of hydrogen-bond acceptors (Lipinski definition) is 4. The fraction of sp³-hybridized carbons (Fsp3) is 0.438. The van der Waals surface area contributed by atoms with E-state index in [-0.39, 0.29) is 11.4 Å². The molecule has 0 aliphatic rings. The molecule has 0 fully saturated rings. The molecule has 0 aliphatic heterocycles. The van der Waals surface area contributed by atoms with E-state index in [9.17, 15) is 18.0 Å². The SMILES string of the molecule is CCCc1nnc(SCC(=O)Nc2cccc(C(F)(F)F)c2)n1CC. The van der Waals surface area contributed by atoms with Crippen LogP contribution in [0.25, 0.3) is 0 Å². The molecule has 136 valence electrons. The zero-order valence-electron chi connectivity index (χ0n) is 13.9. The Hall–Kier alpha value is -2.03. The van der Waals surface area contributed by atoms with Crippen LogP contribution in [0.2, 0.25) is 0 Å². The summed E-state index contributed by atoms with van der Waals surface area (Å²) in [6, 6.07) is 4.56. The standard InChI is InChI=1S/C16H19F3N4OS/c1-3-6-13-21-22-15(23(13)4-2)25-10-14(24)20-12-8-5-7-11(9-12)16(17,18)19/h5,7-9H,3-4,6,10H2,1-2H3,(H,20,24). The summed E-state index contributed by atoms with van der Waals surface area (Å²) in [5.41, 5.74) is -0.683. The Kier molecular flexibility index (Phi) is 6.46. The van der Waals surface area contributed by atoms with E-state index < -0.39 is 17.6 Å². The minimum absolute atomic E-state index is 0.0422. The van der Waals surface area contributed by atoms with Crippen molar-refractivity contribution < 1.29 is 18.0 Å². The van der Waals surface area contributed by atoms with Crippen LogP contribution in [0.1, 0.15) is 31.7 Å². The molecule has 1 heterocycles. The number of aromatic nitrogens is 3. The van der Waals surface area contributed by atoms with Crippen LogP contribution < -0.4 is 5.32 Å². The zero-order valence-corrected chi connectivity index (χ0v) is 14.7. The van der Waals surface area contributed by atoms with Crippen LogP contribution in [0.15, 0.2) is 29.4 Å². The number of rotatable bonds is 7. The Balaban J connectivity index is 1.98. The number of alkyl halides is 3. The number of nitrogens with one attached hydrogen (secondary N) is 1. The molecule has 1 aromatic heterocycles. The molecule has 0 saturated heterocycles. The molecule has 0 saturated carbocycles. The first kappa shape index (κ1) is 19.3. The van der Waals surface area contributed by atoms with Gasteiger partial charge >= 0.3 is 6.18 Å². The number of nitrogens with zero attached hydrogens (tertiary/aromatic N) is 3. The van der Waals surface area contributed by atoms with Gasteiger partial charge in [-0.25, -0.2) is 0 Å².